The summed E-state index contributed by atoms with van der Waals surface area (Å²) in [5.74, 6) is 0.610. The van der Waals surface area contributed by atoms with Crippen molar-refractivity contribution in [2.75, 3.05) is 13.2 Å². The molecule has 0 aliphatic carbocycles. The lowest BCUT2D eigenvalue weighted by molar-refractivity contribution is 0.0727. The van der Waals surface area contributed by atoms with Crippen molar-refractivity contribution in [2.45, 2.75) is 19.5 Å². The van der Waals surface area contributed by atoms with Crippen LogP contribution >= 0.6 is 11.6 Å². The van der Waals surface area contributed by atoms with Crippen LogP contribution in [0.2, 0.25) is 5.02 Å². The van der Waals surface area contributed by atoms with Gasteiger partial charge in [-0.3, -0.25) is 9.48 Å². The zero-order valence-electron chi connectivity index (χ0n) is 14.7. The Morgan fingerprint density at radius 1 is 1.19 bits per heavy atom. The monoisotopic (exact) mass is 382 g/mol. The van der Waals surface area contributed by atoms with Crippen molar-refractivity contribution in [3.05, 3.63) is 76.6 Å². The summed E-state index contributed by atoms with van der Waals surface area (Å²) >= 11 is 6.08. The molecule has 6 nitrogen and oxygen atoms in total. The lowest BCUT2D eigenvalue weighted by atomic mass is 10.1. The summed E-state index contributed by atoms with van der Waals surface area (Å²) in [7, 11) is 0. The van der Waals surface area contributed by atoms with E-state index in [1.807, 2.05) is 30.3 Å². The molecule has 0 spiro atoms. The topological polar surface area (TPSA) is 60.2 Å². The number of amides is 1. The first-order chi connectivity index (χ1) is 13.2. The number of carbonyl (C=O) groups is 1. The number of hydrogen-bond donors (Lipinski definition) is 0. The van der Waals surface area contributed by atoms with Crippen LogP contribution in [-0.2, 0) is 19.5 Å². The second-order valence-electron chi connectivity index (χ2n) is 6.43. The molecule has 4 rings (SSSR count). The molecule has 0 fully saturated rings. The fourth-order valence-corrected chi connectivity index (χ4v) is 3.29. The molecule has 1 aromatic heterocycles. The molecule has 1 amide bonds. The number of halogens is 1. The molecule has 2 heterocycles. The van der Waals surface area contributed by atoms with Crippen molar-refractivity contribution in [3.63, 3.8) is 0 Å². The Bertz CT molecular complexity index is 942. The molecular formula is C20H19ClN4O2. The standard InChI is InChI=1S/C20H19ClN4O2/c21-17-6-7-19-16(12-17)13-24(10-11-27-19)20(26)18-14-25(23-22-18)9-8-15-4-2-1-3-5-15/h1-7,12,14H,8-11,13H2. The van der Waals surface area contributed by atoms with Crippen LogP contribution in [0.1, 0.15) is 21.6 Å². The third-order valence-electron chi connectivity index (χ3n) is 4.52. The molecule has 138 valence electrons. The van der Waals surface area contributed by atoms with Crippen LogP contribution in [0, 0.1) is 0 Å². The normalized spacial score (nSPS) is 13.6. The second-order valence-corrected chi connectivity index (χ2v) is 6.87. The summed E-state index contributed by atoms with van der Waals surface area (Å²) in [4.78, 5) is 14.6. The van der Waals surface area contributed by atoms with Gasteiger partial charge in [-0.15, -0.1) is 5.10 Å². The van der Waals surface area contributed by atoms with E-state index in [4.69, 9.17) is 16.3 Å². The zero-order valence-corrected chi connectivity index (χ0v) is 15.5. The number of aromatic nitrogens is 3. The van der Waals surface area contributed by atoms with Crippen LogP contribution in [0.5, 0.6) is 5.75 Å². The minimum absolute atomic E-state index is 0.155. The van der Waals surface area contributed by atoms with Crippen LogP contribution in [0.3, 0.4) is 0 Å². The molecule has 1 aliphatic rings. The van der Waals surface area contributed by atoms with Gasteiger partial charge in [-0.05, 0) is 30.2 Å². The first-order valence-corrected chi connectivity index (χ1v) is 9.21. The van der Waals surface area contributed by atoms with Gasteiger partial charge < -0.3 is 9.64 Å². The second kappa shape index (κ2) is 7.80. The molecule has 0 N–H and O–H groups in total. The molecule has 1 aliphatic heterocycles. The Balaban J connectivity index is 1.44. The molecule has 2 aromatic carbocycles. The largest absolute Gasteiger partial charge is 0.491 e. The summed E-state index contributed by atoms with van der Waals surface area (Å²) in [6.07, 6.45) is 2.54. The number of fused-ring (bicyclic) bond motifs is 1. The van der Waals surface area contributed by atoms with E-state index in [0.717, 1.165) is 17.7 Å². The van der Waals surface area contributed by atoms with Crippen molar-refractivity contribution in [3.8, 4) is 5.75 Å². The quantitative estimate of drug-likeness (QED) is 0.695. The first-order valence-electron chi connectivity index (χ1n) is 8.83. The Labute approximate surface area is 162 Å². The van der Waals surface area contributed by atoms with E-state index in [9.17, 15) is 4.79 Å². The first kappa shape index (κ1) is 17.5. The molecule has 3 aromatic rings. The predicted molar refractivity (Wildman–Crippen MR) is 102 cm³/mol. The van der Waals surface area contributed by atoms with E-state index in [2.05, 4.69) is 22.4 Å². The Morgan fingerprint density at radius 2 is 2.04 bits per heavy atom. The highest BCUT2D eigenvalue weighted by Crippen LogP contribution is 2.26. The fourth-order valence-electron chi connectivity index (χ4n) is 3.09. The van der Waals surface area contributed by atoms with E-state index in [-0.39, 0.29) is 5.91 Å². The highest BCUT2D eigenvalue weighted by Gasteiger charge is 2.23. The minimum atomic E-state index is -0.155. The number of hydrogen-bond acceptors (Lipinski definition) is 4. The van der Waals surface area contributed by atoms with Gasteiger partial charge in [-0.1, -0.05) is 47.1 Å². The summed E-state index contributed by atoms with van der Waals surface area (Å²) in [5, 5.41) is 8.78. The SMILES string of the molecule is O=C(c1cn(CCc2ccccc2)nn1)N1CCOc2ccc(Cl)cc2C1. The van der Waals surface area contributed by atoms with E-state index in [1.165, 1.54) is 5.56 Å². The van der Waals surface area contributed by atoms with Gasteiger partial charge in [0.1, 0.15) is 12.4 Å². The number of ether oxygens (including phenoxy) is 1. The molecule has 0 bridgehead atoms. The average Bonchev–Trinajstić information content (AvgIpc) is 3.06. The Morgan fingerprint density at radius 3 is 2.89 bits per heavy atom. The number of benzene rings is 2. The van der Waals surface area contributed by atoms with Crippen molar-refractivity contribution in [1.82, 2.24) is 19.9 Å². The van der Waals surface area contributed by atoms with Gasteiger partial charge >= 0.3 is 0 Å². The van der Waals surface area contributed by atoms with Crippen LogP contribution in [0.25, 0.3) is 0 Å². The van der Waals surface area contributed by atoms with Gasteiger partial charge in [-0.25, -0.2) is 0 Å². The number of aryl methyl sites for hydroxylation is 2. The highest BCUT2D eigenvalue weighted by molar-refractivity contribution is 6.30. The maximum atomic E-state index is 12.9. The third-order valence-corrected chi connectivity index (χ3v) is 4.75. The van der Waals surface area contributed by atoms with Gasteiger partial charge in [0, 0.05) is 23.7 Å². The maximum Gasteiger partial charge on any atom is 0.276 e. The summed E-state index contributed by atoms with van der Waals surface area (Å²) in [5.41, 5.74) is 2.46. The lowest BCUT2D eigenvalue weighted by Crippen LogP contribution is -2.32. The number of carbonyl (C=O) groups excluding carboxylic acids is 1. The molecule has 0 saturated heterocycles. The molecule has 27 heavy (non-hydrogen) atoms. The van der Waals surface area contributed by atoms with Gasteiger partial charge in [0.2, 0.25) is 0 Å². The molecule has 7 heteroatoms. The van der Waals surface area contributed by atoms with E-state index >= 15 is 0 Å². The van der Waals surface area contributed by atoms with Crippen LogP contribution < -0.4 is 4.74 Å². The average molecular weight is 383 g/mol. The third kappa shape index (κ3) is 4.11. The van der Waals surface area contributed by atoms with Crippen molar-refractivity contribution >= 4 is 17.5 Å². The van der Waals surface area contributed by atoms with Crippen molar-refractivity contribution < 1.29 is 9.53 Å². The van der Waals surface area contributed by atoms with E-state index < -0.39 is 0 Å². The lowest BCUT2D eigenvalue weighted by Gasteiger charge is -2.18. The summed E-state index contributed by atoms with van der Waals surface area (Å²) < 4.78 is 7.43. The molecule has 0 saturated carbocycles. The van der Waals surface area contributed by atoms with E-state index in [0.29, 0.717) is 37.0 Å². The van der Waals surface area contributed by atoms with Crippen molar-refractivity contribution in [1.29, 1.82) is 0 Å². The molecule has 0 radical (unpaired) electrons. The molecular weight excluding hydrogens is 364 g/mol. The summed E-state index contributed by atoms with van der Waals surface area (Å²) in [6, 6.07) is 15.6. The zero-order chi connectivity index (χ0) is 18.6. The van der Waals surface area contributed by atoms with Gasteiger partial charge in [0.15, 0.2) is 5.69 Å². The van der Waals surface area contributed by atoms with Crippen LogP contribution in [0.4, 0.5) is 0 Å². The number of rotatable bonds is 4. The minimum Gasteiger partial charge on any atom is -0.491 e. The Hall–Kier alpha value is -2.86. The van der Waals surface area contributed by atoms with Crippen LogP contribution in [0.15, 0.2) is 54.7 Å². The van der Waals surface area contributed by atoms with Gasteiger partial charge in [-0.2, -0.15) is 0 Å². The smallest absolute Gasteiger partial charge is 0.276 e. The van der Waals surface area contributed by atoms with E-state index in [1.54, 1.807) is 21.8 Å². The van der Waals surface area contributed by atoms with Gasteiger partial charge in [0.25, 0.3) is 5.91 Å². The molecule has 0 atom stereocenters. The van der Waals surface area contributed by atoms with Gasteiger partial charge in [0.05, 0.1) is 12.7 Å². The number of nitrogens with zero attached hydrogens (tertiary/aromatic N) is 4. The predicted octanol–water partition coefficient (Wildman–Crippen LogP) is 3.21. The van der Waals surface area contributed by atoms with Crippen molar-refractivity contribution in [2.24, 2.45) is 0 Å². The van der Waals surface area contributed by atoms with Crippen LogP contribution in [-0.4, -0.2) is 39.0 Å². The Kier molecular flexibility index (Phi) is 5.07. The molecule has 0 unspecified atom stereocenters. The highest BCUT2D eigenvalue weighted by atomic mass is 35.5. The maximum absolute atomic E-state index is 12.9. The summed E-state index contributed by atoms with van der Waals surface area (Å²) in [6.45, 7) is 2.03. The fraction of sp³-hybridized carbons (Fsp3) is 0.250.